The normalized spacial score (nSPS) is 15.0. The van der Waals surface area contributed by atoms with Crippen molar-refractivity contribution in [1.82, 2.24) is 9.47 Å². The Morgan fingerprint density at radius 1 is 1.19 bits per heavy atom. The van der Waals surface area contributed by atoms with E-state index in [9.17, 15) is 10.1 Å². The molecule has 164 valence electrons. The van der Waals surface area contributed by atoms with Gasteiger partial charge in [0.2, 0.25) is 0 Å². The number of hydrogen-bond donors (Lipinski definition) is 0. The fourth-order valence-electron chi connectivity index (χ4n) is 4.46. The summed E-state index contributed by atoms with van der Waals surface area (Å²) in [6.07, 6.45) is 2.09. The molecule has 0 aliphatic carbocycles. The zero-order chi connectivity index (χ0) is 22.2. The molecule has 0 N–H and O–H groups in total. The van der Waals surface area contributed by atoms with Gasteiger partial charge in [0.25, 0.3) is 0 Å². The van der Waals surface area contributed by atoms with Gasteiger partial charge in [0, 0.05) is 42.9 Å². The van der Waals surface area contributed by atoms with Crippen molar-refractivity contribution < 1.29 is 4.42 Å². The van der Waals surface area contributed by atoms with Crippen LogP contribution in [0.5, 0.6) is 0 Å². The quantitative estimate of drug-likeness (QED) is 0.429. The van der Waals surface area contributed by atoms with Gasteiger partial charge in [-0.15, -0.1) is 11.3 Å². The Morgan fingerprint density at radius 2 is 2.00 bits per heavy atom. The molecule has 0 spiro atoms. The maximum Gasteiger partial charge on any atom is 0.419 e. The standard InChI is InChI=1S/C24H23ClN4O2S/c1-27-20-12-18(25)13-21(23(20)31-24(27)30)29-9-7-28(8-10-29)6-2-3-17-15-32-22-5-4-16(14-26)11-19(17)22/h4-5,11-13,15H,2-3,6-10H2,1H3. The van der Waals surface area contributed by atoms with Crippen LogP contribution >= 0.6 is 22.9 Å². The van der Waals surface area contributed by atoms with Gasteiger partial charge in [0.1, 0.15) is 0 Å². The van der Waals surface area contributed by atoms with Gasteiger partial charge < -0.3 is 9.32 Å². The molecule has 1 aliphatic rings. The molecule has 0 atom stereocenters. The monoisotopic (exact) mass is 466 g/mol. The summed E-state index contributed by atoms with van der Waals surface area (Å²) >= 11 is 8.07. The molecular formula is C24H23ClN4O2S. The first-order valence-corrected chi connectivity index (χ1v) is 12.0. The molecule has 1 saturated heterocycles. The van der Waals surface area contributed by atoms with E-state index < -0.39 is 0 Å². The van der Waals surface area contributed by atoms with Crippen molar-refractivity contribution in [3.8, 4) is 6.07 Å². The van der Waals surface area contributed by atoms with Gasteiger partial charge in [-0.1, -0.05) is 11.6 Å². The largest absolute Gasteiger partial charge is 0.419 e. The molecule has 0 saturated carbocycles. The average Bonchev–Trinajstić information content (AvgIpc) is 3.34. The number of aryl methyl sites for hydroxylation is 2. The predicted octanol–water partition coefficient (Wildman–Crippen LogP) is 4.63. The van der Waals surface area contributed by atoms with Crippen LogP contribution in [0.4, 0.5) is 5.69 Å². The van der Waals surface area contributed by atoms with Gasteiger partial charge in [-0.3, -0.25) is 9.47 Å². The zero-order valence-corrected chi connectivity index (χ0v) is 19.4. The lowest BCUT2D eigenvalue weighted by molar-refractivity contribution is 0.255. The molecule has 0 amide bonds. The van der Waals surface area contributed by atoms with Gasteiger partial charge in [-0.2, -0.15) is 5.26 Å². The van der Waals surface area contributed by atoms with Crippen LogP contribution in [0.15, 0.2) is 44.9 Å². The Labute approximate surface area is 194 Å². The molecule has 8 heteroatoms. The number of benzene rings is 2. The summed E-state index contributed by atoms with van der Waals surface area (Å²) in [7, 11) is 1.70. The third kappa shape index (κ3) is 3.90. The lowest BCUT2D eigenvalue weighted by Gasteiger charge is -2.36. The van der Waals surface area contributed by atoms with Crippen molar-refractivity contribution in [2.75, 3.05) is 37.6 Å². The number of aromatic nitrogens is 1. The molecule has 1 aliphatic heterocycles. The van der Waals surface area contributed by atoms with Crippen molar-refractivity contribution in [2.24, 2.45) is 7.05 Å². The van der Waals surface area contributed by atoms with Gasteiger partial charge in [0.15, 0.2) is 5.58 Å². The maximum absolute atomic E-state index is 12.0. The number of rotatable bonds is 5. The molecule has 4 aromatic rings. The summed E-state index contributed by atoms with van der Waals surface area (Å²) in [6, 6.07) is 11.8. The Hall–Kier alpha value is -2.79. The summed E-state index contributed by atoms with van der Waals surface area (Å²) in [6.45, 7) is 4.67. The molecule has 3 heterocycles. The van der Waals surface area contributed by atoms with E-state index in [0.717, 1.165) is 62.3 Å². The number of oxazole rings is 1. The molecular weight excluding hydrogens is 444 g/mol. The smallest absolute Gasteiger partial charge is 0.405 e. The second-order valence-corrected chi connectivity index (χ2v) is 9.56. The molecule has 0 radical (unpaired) electrons. The van der Waals surface area contributed by atoms with Crippen LogP contribution in [0.2, 0.25) is 5.02 Å². The highest BCUT2D eigenvalue weighted by molar-refractivity contribution is 7.17. The van der Waals surface area contributed by atoms with Gasteiger partial charge >= 0.3 is 5.76 Å². The van der Waals surface area contributed by atoms with E-state index in [1.165, 1.54) is 20.2 Å². The molecule has 6 nitrogen and oxygen atoms in total. The first-order valence-electron chi connectivity index (χ1n) is 10.7. The second kappa shape index (κ2) is 8.62. The summed E-state index contributed by atoms with van der Waals surface area (Å²) < 4.78 is 8.24. The fourth-order valence-corrected chi connectivity index (χ4v) is 5.64. The number of halogens is 1. The van der Waals surface area contributed by atoms with E-state index in [2.05, 4.69) is 21.2 Å². The first-order chi connectivity index (χ1) is 15.5. The minimum Gasteiger partial charge on any atom is -0.405 e. The highest BCUT2D eigenvalue weighted by Gasteiger charge is 2.22. The third-order valence-electron chi connectivity index (χ3n) is 6.26. The zero-order valence-electron chi connectivity index (χ0n) is 17.8. The number of thiophene rings is 1. The SMILES string of the molecule is Cn1c(=O)oc2c(N3CCN(CCCc4csc5ccc(C#N)cc45)CC3)cc(Cl)cc21. The molecule has 0 unspecified atom stereocenters. The van der Waals surface area contributed by atoms with E-state index in [0.29, 0.717) is 10.6 Å². The molecule has 0 bridgehead atoms. The molecule has 2 aromatic carbocycles. The van der Waals surface area contributed by atoms with E-state index >= 15 is 0 Å². The molecule has 1 fully saturated rings. The van der Waals surface area contributed by atoms with Crippen LogP contribution in [-0.4, -0.2) is 42.2 Å². The number of nitriles is 1. The number of hydrogen-bond acceptors (Lipinski definition) is 6. The summed E-state index contributed by atoms with van der Waals surface area (Å²) in [5.74, 6) is -0.370. The summed E-state index contributed by atoms with van der Waals surface area (Å²) in [4.78, 5) is 16.7. The van der Waals surface area contributed by atoms with Crippen LogP contribution in [-0.2, 0) is 13.5 Å². The highest BCUT2D eigenvalue weighted by Crippen LogP contribution is 2.31. The van der Waals surface area contributed by atoms with E-state index in [4.69, 9.17) is 16.0 Å². The van der Waals surface area contributed by atoms with Crippen LogP contribution in [0, 0.1) is 11.3 Å². The van der Waals surface area contributed by atoms with Crippen LogP contribution in [0.25, 0.3) is 21.2 Å². The number of fused-ring (bicyclic) bond motifs is 2. The van der Waals surface area contributed by atoms with Crippen molar-refractivity contribution in [1.29, 1.82) is 5.26 Å². The summed E-state index contributed by atoms with van der Waals surface area (Å²) in [5.41, 5.74) is 4.28. The molecule has 5 rings (SSSR count). The maximum atomic E-state index is 12.0. The van der Waals surface area contributed by atoms with E-state index in [-0.39, 0.29) is 5.76 Å². The van der Waals surface area contributed by atoms with Crippen LogP contribution < -0.4 is 10.7 Å². The van der Waals surface area contributed by atoms with E-state index in [1.807, 2.05) is 24.3 Å². The topological polar surface area (TPSA) is 65.4 Å². The minimum atomic E-state index is -0.370. The Balaban J connectivity index is 1.21. The summed E-state index contributed by atoms with van der Waals surface area (Å²) in [5, 5.41) is 13.2. The first kappa shape index (κ1) is 21.1. The Bertz CT molecular complexity index is 1390. The minimum absolute atomic E-state index is 0.370. The van der Waals surface area contributed by atoms with Crippen molar-refractivity contribution in [2.45, 2.75) is 12.8 Å². The number of nitrogens with zero attached hydrogens (tertiary/aromatic N) is 4. The molecule has 2 aromatic heterocycles. The predicted molar refractivity (Wildman–Crippen MR) is 130 cm³/mol. The number of anilines is 1. The van der Waals surface area contributed by atoms with Gasteiger partial charge in [0.05, 0.1) is 22.8 Å². The van der Waals surface area contributed by atoms with Crippen molar-refractivity contribution >= 4 is 49.8 Å². The Morgan fingerprint density at radius 3 is 2.78 bits per heavy atom. The van der Waals surface area contributed by atoms with Crippen LogP contribution in [0.3, 0.4) is 0 Å². The average molecular weight is 467 g/mol. The van der Waals surface area contributed by atoms with Crippen molar-refractivity contribution in [3.63, 3.8) is 0 Å². The lowest BCUT2D eigenvalue weighted by Crippen LogP contribution is -2.46. The van der Waals surface area contributed by atoms with Crippen LogP contribution in [0.1, 0.15) is 17.5 Å². The van der Waals surface area contributed by atoms with Gasteiger partial charge in [-0.05, 0) is 66.0 Å². The second-order valence-electron chi connectivity index (χ2n) is 8.22. The van der Waals surface area contributed by atoms with Crippen molar-refractivity contribution in [3.05, 3.63) is 62.4 Å². The molecule has 32 heavy (non-hydrogen) atoms. The Kier molecular flexibility index (Phi) is 5.68. The van der Waals surface area contributed by atoms with E-state index in [1.54, 1.807) is 24.5 Å². The fraction of sp³-hybridized carbons (Fsp3) is 0.333. The highest BCUT2D eigenvalue weighted by atomic mass is 35.5. The number of piperazine rings is 1. The lowest BCUT2D eigenvalue weighted by atomic mass is 10.1. The van der Waals surface area contributed by atoms with Gasteiger partial charge in [-0.25, -0.2) is 4.79 Å². The third-order valence-corrected chi connectivity index (χ3v) is 7.49.